The summed E-state index contributed by atoms with van der Waals surface area (Å²) >= 11 is 0. The van der Waals surface area contributed by atoms with Crippen LogP contribution >= 0.6 is 0 Å². The molecule has 0 bridgehead atoms. The molecule has 0 saturated heterocycles. The monoisotopic (exact) mass is 457 g/mol. The summed E-state index contributed by atoms with van der Waals surface area (Å²) in [6.07, 6.45) is 12.7. The van der Waals surface area contributed by atoms with E-state index < -0.39 is 0 Å². The highest BCUT2D eigenvalue weighted by Gasteiger charge is 2.55. The second kappa shape index (κ2) is 11.0. The lowest BCUT2D eigenvalue weighted by molar-refractivity contribution is -0.116. The SMILES string of the molecule is COc1cccc(C2(c3cccc(OC)c3)C[C@H]2C=CC(=O)NCCCCc2cncnc2)c1. The van der Waals surface area contributed by atoms with Crippen molar-refractivity contribution < 1.29 is 14.3 Å². The van der Waals surface area contributed by atoms with E-state index in [1.54, 1.807) is 20.3 Å². The second-order valence-corrected chi connectivity index (χ2v) is 8.60. The maximum atomic E-state index is 12.4. The zero-order valence-corrected chi connectivity index (χ0v) is 19.7. The fraction of sp³-hybridized carbons (Fsp3) is 0.321. The van der Waals surface area contributed by atoms with Crippen LogP contribution in [0, 0.1) is 5.92 Å². The maximum absolute atomic E-state index is 12.4. The lowest BCUT2D eigenvalue weighted by atomic mass is 9.85. The fourth-order valence-electron chi connectivity index (χ4n) is 4.54. The molecule has 1 fully saturated rings. The Morgan fingerprint density at radius 2 is 1.68 bits per heavy atom. The molecule has 2 aromatic carbocycles. The van der Waals surface area contributed by atoms with Gasteiger partial charge in [-0.05, 0) is 78.6 Å². The van der Waals surface area contributed by atoms with Crippen LogP contribution in [0.2, 0.25) is 0 Å². The van der Waals surface area contributed by atoms with Crippen LogP contribution in [0.25, 0.3) is 0 Å². The average Bonchev–Trinajstić information content (AvgIpc) is 3.63. The van der Waals surface area contributed by atoms with Crippen LogP contribution in [0.5, 0.6) is 11.5 Å². The molecular weight excluding hydrogens is 426 g/mol. The molecule has 1 atom stereocenters. The van der Waals surface area contributed by atoms with Gasteiger partial charge < -0.3 is 14.8 Å². The minimum atomic E-state index is -0.197. The minimum absolute atomic E-state index is 0.0554. The van der Waals surface area contributed by atoms with Gasteiger partial charge in [-0.3, -0.25) is 4.79 Å². The number of ether oxygens (including phenoxy) is 2. The van der Waals surface area contributed by atoms with Crippen molar-refractivity contribution >= 4 is 5.91 Å². The van der Waals surface area contributed by atoms with Crippen LogP contribution in [-0.2, 0) is 16.6 Å². The van der Waals surface area contributed by atoms with Crippen molar-refractivity contribution in [3.8, 4) is 11.5 Å². The minimum Gasteiger partial charge on any atom is -0.497 e. The van der Waals surface area contributed by atoms with E-state index in [0.29, 0.717) is 6.54 Å². The number of aromatic nitrogens is 2. The van der Waals surface area contributed by atoms with Crippen molar-refractivity contribution in [1.29, 1.82) is 0 Å². The van der Waals surface area contributed by atoms with Gasteiger partial charge in [0.15, 0.2) is 0 Å². The molecule has 6 heteroatoms. The molecule has 34 heavy (non-hydrogen) atoms. The van der Waals surface area contributed by atoms with Gasteiger partial charge in [0.2, 0.25) is 5.91 Å². The van der Waals surface area contributed by atoms with Gasteiger partial charge in [0.1, 0.15) is 17.8 Å². The molecule has 6 nitrogen and oxygen atoms in total. The summed E-state index contributed by atoms with van der Waals surface area (Å²) in [5, 5.41) is 3.00. The third-order valence-electron chi connectivity index (χ3n) is 6.47. The van der Waals surface area contributed by atoms with Crippen LogP contribution < -0.4 is 14.8 Å². The van der Waals surface area contributed by atoms with Crippen molar-refractivity contribution in [3.63, 3.8) is 0 Å². The van der Waals surface area contributed by atoms with E-state index in [2.05, 4.69) is 39.6 Å². The van der Waals surface area contributed by atoms with Crippen LogP contribution in [-0.4, -0.2) is 36.6 Å². The standard InChI is InChI=1S/C28H31N3O3/c1-33-25-10-5-8-22(15-25)28(23-9-6-11-26(16-23)34-2)17-24(28)12-13-27(32)31-14-4-3-7-21-18-29-20-30-19-21/h5-6,8-13,15-16,18-20,24H,3-4,7,14,17H2,1-2H3,(H,31,32)/t24-/m1/s1. The Morgan fingerprint density at radius 3 is 2.29 bits per heavy atom. The molecular formula is C28H31N3O3. The first kappa shape index (κ1) is 23.5. The second-order valence-electron chi connectivity index (χ2n) is 8.60. The molecule has 3 aromatic rings. The largest absolute Gasteiger partial charge is 0.497 e. The average molecular weight is 458 g/mol. The highest BCUT2D eigenvalue weighted by molar-refractivity contribution is 5.87. The lowest BCUT2D eigenvalue weighted by Crippen LogP contribution is -2.22. The molecule has 1 aromatic heterocycles. The Labute approximate surface area is 201 Å². The summed E-state index contributed by atoms with van der Waals surface area (Å²) in [6, 6.07) is 16.4. The van der Waals surface area contributed by atoms with Gasteiger partial charge in [-0.2, -0.15) is 0 Å². The summed E-state index contributed by atoms with van der Waals surface area (Å²) in [5.41, 5.74) is 3.28. The van der Waals surface area contributed by atoms with Gasteiger partial charge in [-0.15, -0.1) is 0 Å². The number of hydrogen-bond donors (Lipinski definition) is 1. The predicted octanol–water partition coefficient (Wildman–Crippen LogP) is 4.50. The molecule has 4 rings (SSSR count). The molecule has 0 spiro atoms. The first-order valence-corrected chi connectivity index (χ1v) is 11.6. The molecule has 1 amide bonds. The van der Waals surface area contributed by atoms with E-state index in [9.17, 15) is 4.79 Å². The molecule has 1 N–H and O–H groups in total. The zero-order valence-electron chi connectivity index (χ0n) is 19.7. The van der Waals surface area contributed by atoms with Crippen LogP contribution in [0.1, 0.15) is 36.0 Å². The van der Waals surface area contributed by atoms with E-state index in [1.807, 2.05) is 42.7 Å². The van der Waals surface area contributed by atoms with E-state index in [4.69, 9.17) is 9.47 Å². The number of carbonyl (C=O) groups excluding carboxylic acids is 1. The predicted molar refractivity (Wildman–Crippen MR) is 132 cm³/mol. The topological polar surface area (TPSA) is 73.3 Å². The summed E-state index contributed by atoms with van der Waals surface area (Å²) in [5.74, 6) is 1.82. The van der Waals surface area contributed by atoms with Gasteiger partial charge in [0, 0.05) is 24.4 Å². The van der Waals surface area contributed by atoms with Crippen molar-refractivity contribution in [2.45, 2.75) is 31.1 Å². The quantitative estimate of drug-likeness (QED) is 0.339. The smallest absolute Gasteiger partial charge is 0.243 e. The molecule has 0 unspecified atom stereocenters. The summed E-state index contributed by atoms with van der Waals surface area (Å²) < 4.78 is 10.9. The first-order chi connectivity index (χ1) is 16.7. The number of allylic oxidation sites excluding steroid dienone is 1. The van der Waals surface area contributed by atoms with Crippen LogP contribution in [0.4, 0.5) is 0 Å². The fourth-order valence-corrected chi connectivity index (χ4v) is 4.54. The number of nitrogens with one attached hydrogen (secondary N) is 1. The highest BCUT2D eigenvalue weighted by atomic mass is 16.5. The molecule has 176 valence electrons. The third-order valence-corrected chi connectivity index (χ3v) is 6.47. The van der Waals surface area contributed by atoms with Gasteiger partial charge >= 0.3 is 0 Å². The number of aryl methyl sites for hydroxylation is 1. The van der Waals surface area contributed by atoms with Crippen molar-refractivity contribution in [2.75, 3.05) is 20.8 Å². The summed E-state index contributed by atoms with van der Waals surface area (Å²) in [4.78, 5) is 20.5. The molecule has 1 heterocycles. The molecule has 0 aliphatic heterocycles. The number of unbranched alkanes of at least 4 members (excludes halogenated alkanes) is 1. The molecule has 0 radical (unpaired) electrons. The van der Waals surface area contributed by atoms with Crippen LogP contribution in [0.3, 0.4) is 0 Å². The van der Waals surface area contributed by atoms with E-state index in [0.717, 1.165) is 42.7 Å². The maximum Gasteiger partial charge on any atom is 0.243 e. The van der Waals surface area contributed by atoms with E-state index in [1.165, 1.54) is 17.5 Å². The zero-order chi connectivity index (χ0) is 23.8. The number of nitrogens with zero attached hydrogens (tertiary/aromatic N) is 2. The lowest BCUT2D eigenvalue weighted by Gasteiger charge is -2.20. The van der Waals surface area contributed by atoms with E-state index in [-0.39, 0.29) is 17.2 Å². The van der Waals surface area contributed by atoms with Gasteiger partial charge in [-0.1, -0.05) is 30.3 Å². The number of amides is 1. The number of methoxy groups -OCH3 is 2. The third kappa shape index (κ3) is 5.45. The van der Waals surface area contributed by atoms with Gasteiger partial charge in [0.25, 0.3) is 0 Å². The highest BCUT2D eigenvalue weighted by Crippen LogP contribution is 2.60. The normalized spacial score (nSPS) is 16.2. The van der Waals surface area contributed by atoms with Crippen molar-refractivity contribution in [2.24, 2.45) is 5.92 Å². The Kier molecular flexibility index (Phi) is 7.58. The van der Waals surface area contributed by atoms with Crippen molar-refractivity contribution in [3.05, 3.63) is 96.1 Å². The summed E-state index contributed by atoms with van der Waals surface area (Å²) in [6.45, 7) is 0.651. The number of hydrogen-bond acceptors (Lipinski definition) is 5. The van der Waals surface area contributed by atoms with Crippen LogP contribution in [0.15, 0.2) is 79.4 Å². The Hall–Kier alpha value is -3.67. The number of benzene rings is 2. The first-order valence-electron chi connectivity index (χ1n) is 11.6. The van der Waals surface area contributed by atoms with Gasteiger partial charge in [-0.25, -0.2) is 9.97 Å². The number of rotatable bonds is 11. The summed E-state index contributed by atoms with van der Waals surface area (Å²) in [7, 11) is 3.36. The number of carbonyl (C=O) groups is 1. The van der Waals surface area contributed by atoms with Crippen molar-refractivity contribution in [1.82, 2.24) is 15.3 Å². The Bertz CT molecular complexity index is 1080. The Morgan fingerprint density at radius 1 is 1.03 bits per heavy atom. The Balaban J connectivity index is 1.38. The van der Waals surface area contributed by atoms with E-state index >= 15 is 0 Å². The molecule has 1 aliphatic carbocycles. The van der Waals surface area contributed by atoms with Gasteiger partial charge in [0.05, 0.1) is 14.2 Å². The molecule has 1 saturated carbocycles. The molecule has 1 aliphatic rings.